The van der Waals surface area contributed by atoms with Crippen LogP contribution in [-0.4, -0.2) is 30.1 Å². The number of rotatable bonds is 3. The molecule has 11 heavy (non-hydrogen) atoms. The Labute approximate surface area is 67.7 Å². The van der Waals surface area contributed by atoms with Gasteiger partial charge in [0.25, 0.3) is 0 Å². The van der Waals surface area contributed by atoms with Crippen molar-refractivity contribution >= 4 is 0 Å². The van der Waals surface area contributed by atoms with Crippen LogP contribution in [0.3, 0.4) is 0 Å². The van der Waals surface area contributed by atoms with Gasteiger partial charge in [-0.1, -0.05) is 0 Å². The predicted molar refractivity (Wildman–Crippen MR) is 43.3 cm³/mol. The zero-order valence-corrected chi connectivity index (χ0v) is 7.26. The predicted octanol–water partition coefficient (Wildman–Crippen LogP) is 0.483. The van der Waals surface area contributed by atoms with Crippen molar-refractivity contribution in [1.29, 1.82) is 0 Å². The highest BCUT2D eigenvalue weighted by molar-refractivity contribution is 4.83. The summed E-state index contributed by atoms with van der Waals surface area (Å²) in [6.07, 6.45) is 1.96. The van der Waals surface area contributed by atoms with Crippen LogP contribution in [0.25, 0.3) is 0 Å². The molecule has 1 unspecified atom stereocenters. The summed E-state index contributed by atoms with van der Waals surface area (Å²) in [5, 5.41) is 12.3. The van der Waals surface area contributed by atoms with Crippen molar-refractivity contribution < 1.29 is 9.84 Å². The topological polar surface area (TPSA) is 41.5 Å². The highest BCUT2D eigenvalue weighted by atomic mass is 16.5. The van der Waals surface area contributed by atoms with Gasteiger partial charge in [0.1, 0.15) is 5.72 Å². The van der Waals surface area contributed by atoms with Crippen LogP contribution in [0.2, 0.25) is 0 Å². The van der Waals surface area contributed by atoms with Gasteiger partial charge in [-0.05, 0) is 26.7 Å². The quantitative estimate of drug-likeness (QED) is 0.629. The van der Waals surface area contributed by atoms with Gasteiger partial charge in [-0.25, -0.2) is 0 Å². The van der Waals surface area contributed by atoms with Crippen LogP contribution in [0.1, 0.15) is 26.7 Å². The summed E-state index contributed by atoms with van der Waals surface area (Å²) in [6, 6.07) is 0.361. The molecule has 0 aromatic rings. The van der Waals surface area contributed by atoms with Crippen LogP contribution >= 0.6 is 0 Å². The Hall–Kier alpha value is -0.120. The zero-order valence-electron chi connectivity index (χ0n) is 7.26. The first-order valence-corrected chi connectivity index (χ1v) is 4.21. The molecule has 0 aliphatic carbocycles. The van der Waals surface area contributed by atoms with E-state index in [4.69, 9.17) is 9.84 Å². The largest absolute Gasteiger partial charge is 0.392 e. The summed E-state index contributed by atoms with van der Waals surface area (Å²) < 4.78 is 5.44. The van der Waals surface area contributed by atoms with Gasteiger partial charge in [0, 0.05) is 12.6 Å². The fourth-order valence-corrected chi connectivity index (χ4v) is 1.51. The maximum Gasteiger partial charge on any atom is 0.142 e. The van der Waals surface area contributed by atoms with Crippen LogP contribution in [0, 0.1) is 0 Å². The minimum atomic E-state index is -0.436. The molecule has 0 amide bonds. The molecule has 1 saturated heterocycles. The van der Waals surface area contributed by atoms with E-state index < -0.39 is 5.72 Å². The van der Waals surface area contributed by atoms with Gasteiger partial charge in [-0.2, -0.15) is 0 Å². The molecule has 66 valence electrons. The molecule has 1 aliphatic heterocycles. The first-order chi connectivity index (χ1) is 5.18. The SMILES string of the molecule is CC(C)NC1(CO)CCCO1. The molecule has 0 aromatic carbocycles. The van der Waals surface area contributed by atoms with Gasteiger partial charge in [0.05, 0.1) is 6.61 Å². The normalized spacial score (nSPS) is 31.6. The molecule has 0 saturated carbocycles. The van der Waals surface area contributed by atoms with Crippen molar-refractivity contribution in [3.8, 4) is 0 Å². The average molecular weight is 159 g/mol. The van der Waals surface area contributed by atoms with E-state index in [0.717, 1.165) is 19.4 Å². The number of hydrogen-bond donors (Lipinski definition) is 2. The lowest BCUT2D eigenvalue weighted by Crippen LogP contribution is -2.50. The Morgan fingerprint density at radius 3 is 2.73 bits per heavy atom. The first kappa shape index (κ1) is 8.97. The molecule has 0 aromatic heterocycles. The summed E-state index contributed by atoms with van der Waals surface area (Å²) in [5.74, 6) is 0. The molecule has 2 N–H and O–H groups in total. The van der Waals surface area contributed by atoms with E-state index in [1.165, 1.54) is 0 Å². The van der Waals surface area contributed by atoms with Gasteiger partial charge in [0.15, 0.2) is 0 Å². The smallest absolute Gasteiger partial charge is 0.142 e. The lowest BCUT2D eigenvalue weighted by molar-refractivity contribution is -0.0682. The van der Waals surface area contributed by atoms with E-state index in [1.54, 1.807) is 0 Å². The van der Waals surface area contributed by atoms with E-state index in [-0.39, 0.29) is 6.61 Å². The third kappa shape index (κ3) is 2.15. The van der Waals surface area contributed by atoms with Crippen LogP contribution < -0.4 is 5.32 Å². The van der Waals surface area contributed by atoms with Gasteiger partial charge in [-0.15, -0.1) is 0 Å². The van der Waals surface area contributed by atoms with E-state index in [2.05, 4.69) is 19.2 Å². The summed E-state index contributed by atoms with van der Waals surface area (Å²) in [7, 11) is 0. The summed E-state index contributed by atoms with van der Waals surface area (Å²) in [4.78, 5) is 0. The number of aliphatic hydroxyl groups is 1. The lowest BCUT2D eigenvalue weighted by Gasteiger charge is -2.29. The fraction of sp³-hybridized carbons (Fsp3) is 1.00. The Bertz CT molecular complexity index is 119. The Balaban J connectivity index is 2.45. The molecule has 3 heteroatoms. The average Bonchev–Trinajstić information content (AvgIpc) is 2.36. The van der Waals surface area contributed by atoms with Crippen molar-refractivity contribution in [3.05, 3.63) is 0 Å². The zero-order chi connectivity index (χ0) is 8.32. The van der Waals surface area contributed by atoms with Gasteiger partial charge < -0.3 is 9.84 Å². The van der Waals surface area contributed by atoms with E-state index in [0.29, 0.717) is 6.04 Å². The first-order valence-electron chi connectivity index (χ1n) is 4.21. The Morgan fingerprint density at radius 1 is 1.64 bits per heavy atom. The van der Waals surface area contributed by atoms with Crippen LogP contribution in [0.5, 0.6) is 0 Å². The van der Waals surface area contributed by atoms with E-state index in [9.17, 15) is 0 Å². The molecule has 1 rings (SSSR count). The minimum absolute atomic E-state index is 0.0746. The van der Waals surface area contributed by atoms with Gasteiger partial charge >= 0.3 is 0 Å². The number of aliphatic hydroxyl groups excluding tert-OH is 1. The molecule has 1 aliphatic rings. The Kier molecular flexibility index (Phi) is 2.87. The summed E-state index contributed by atoms with van der Waals surface area (Å²) in [5.41, 5.74) is -0.436. The molecule has 0 bridgehead atoms. The summed E-state index contributed by atoms with van der Waals surface area (Å²) in [6.45, 7) is 4.95. The van der Waals surface area contributed by atoms with Crippen molar-refractivity contribution in [3.63, 3.8) is 0 Å². The number of hydrogen-bond acceptors (Lipinski definition) is 3. The molecular formula is C8H17NO2. The van der Waals surface area contributed by atoms with Crippen LogP contribution in [0.4, 0.5) is 0 Å². The van der Waals surface area contributed by atoms with Crippen molar-refractivity contribution in [1.82, 2.24) is 5.32 Å². The van der Waals surface area contributed by atoms with E-state index >= 15 is 0 Å². The van der Waals surface area contributed by atoms with Crippen LogP contribution in [0.15, 0.2) is 0 Å². The molecule has 1 heterocycles. The molecule has 0 radical (unpaired) electrons. The number of ether oxygens (including phenoxy) is 1. The maximum absolute atomic E-state index is 9.08. The second kappa shape index (κ2) is 3.52. The molecule has 1 fully saturated rings. The third-order valence-corrected chi connectivity index (χ3v) is 1.91. The molecule has 1 atom stereocenters. The van der Waals surface area contributed by atoms with Crippen molar-refractivity contribution in [2.45, 2.75) is 38.5 Å². The summed E-state index contributed by atoms with van der Waals surface area (Å²) >= 11 is 0. The second-order valence-electron chi connectivity index (χ2n) is 3.40. The lowest BCUT2D eigenvalue weighted by atomic mass is 10.1. The fourth-order valence-electron chi connectivity index (χ4n) is 1.51. The van der Waals surface area contributed by atoms with Gasteiger partial charge in [-0.3, -0.25) is 5.32 Å². The molecule has 0 spiro atoms. The van der Waals surface area contributed by atoms with Crippen molar-refractivity contribution in [2.75, 3.05) is 13.2 Å². The molecular weight excluding hydrogens is 142 g/mol. The molecule has 3 nitrogen and oxygen atoms in total. The highest BCUT2D eigenvalue weighted by Gasteiger charge is 2.34. The minimum Gasteiger partial charge on any atom is -0.392 e. The van der Waals surface area contributed by atoms with Crippen molar-refractivity contribution in [2.24, 2.45) is 0 Å². The maximum atomic E-state index is 9.08. The second-order valence-corrected chi connectivity index (χ2v) is 3.40. The number of nitrogens with one attached hydrogen (secondary N) is 1. The highest BCUT2D eigenvalue weighted by Crippen LogP contribution is 2.22. The monoisotopic (exact) mass is 159 g/mol. The third-order valence-electron chi connectivity index (χ3n) is 1.91. The Morgan fingerprint density at radius 2 is 2.36 bits per heavy atom. The van der Waals surface area contributed by atoms with Crippen LogP contribution in [-0.2, 0) is 4.74 Å². The van der Waals surface area contributed by atoms with E-state index in [1.807, 2.05) is 0 Å². The van der Waals surface area contributed by atoms with Gasteiger partial charge in [0.2, 0.25) is 0 Å². The standard InChI is InChI=1S/C8H17NO2/c1-7(2)9-8(6-10)4-3-5-11-8/h7,9-10H,3-6H2,1-2H3.